The molecule has 2 amide bonds. The van der Waals surface area contributed by atoms with Crippen LogP contribution in [0.5, 0.6) is 5.75 Å². The van der Waals surface area contributed by atoms with Gasteiger partial charge in [0.2, 0.25) is 5.91 Å². The first-order chi connectivity index (χ1) is 16.8. The number of carbonyl (C=O) groups excluding carboxylic acids is 2. The summed E-state index contributed by atoms with van der Waals surface area (Å²) in [6.45, 7) is 2.02. The highest BCUT2D eigenvalue weighted by Gasteiger charge is 2.17. The van der Waals surface area contributed by atoms with Gasteiger partial charge in [-0.05, 0) is 61.5 Å². The van der Waals surface area contributed by atoms with E-state index in [1.807, 2.05) is 6.92 Å². The van der Waals surface area contributed by atoms with Gasteiger partial charge in [0.25, 0.3) is 11.6 Å². The monoisotopic (exact) mass is 476 g/mol. The fourth-order valence-corrected chi connectivity index (χ4v) is 3.37. The number of aromatic nitrogens is 1. The highest BCUT2D eigenvalue weighted by Crippen LogP contribution is 2.21. The predicted octanol–water partition coefficient (Wildman–Crippen LogP) is 3.79. The van der Waals surface area contributed by atoms with Gasteiger partial charge in [0.15, 0.2) is 5.58 Å². The molecule has 0 aliphatic carbocycles. The fraction of sp³-hybridized carbons (Fsp3) is 0.125. The van der Waals surface area contributed by atoms with E-state index in [9.17, 15) is 24.5 Å². The van der Waals surface area contributed by atoms with Crippen molar-refractivity contribution < 1.29 is 23.7 Å². The third kappa shape index (κ3) is 5.36. The Labute approximate surface area is 198 Å². The molecule has 0 radical (unpaired) electrons. The summed E-state index contributed by atoms with van der Waals surface area (Å²) in [4.78, 5) is 47.5. The summed E-state index contributed by atoms with van der Waals surface area (Å²) in [5, 5.41) is 16.4. The number of nitro groups is 1. The van der Waals surface area contributed by atoms with Crippen LogP contribution >= 0.6 is 0 Å². The molecule has 35 heavy (non-hydrogen) atoms. The molecule has 2 N–H and O–H groups in total. The molecule has 0 bridgehead atoms. The van der Waals surface area contributed by atoms with Crippen LogP contribution in [0.1, 0.15) is 17.3 Å². The summed E-state index contributed by atoms with van der Waals surface area (Å²) in [5.41, 5.74) is 1.43. The molecule has 11 nitrogen and oxygen atoms in total. The van der Waals surface area contributed by atoms with Gasteiger partial charge < -0.3 is 19.8 Å². The van der Waals surface area contributed by atoms with Gasteiger partial charge in [0.1, 0.15) is 12.3 Å². The van der Waals surface area contributed by atoms with Gasteiger partial charge in [-0.2, -0.15) is 0 Å². The van der Waals surface area contributed by atoms with Crippen LogP contribution in [0, 0.1) is 10.1 Å². The average molecular weight is 476 g/mol. The zero-order chi connectivity index (χ0) is 24.9. The molecule has 3 aromatic carbocycles. The fourth-order valence-electron chi connectivity index (χ4n) is 3.37. The van der Waals surface area contributed by atoms with E-state index < -0.39 is 23.1 Å². The molecule has 0 saturated heterocycles. The summed E-state index contributed by atoms with van der Waals surface area (Å²) >= 11 is 0. The van der Waals surface area contributed by atoms with E-state index in [4.69, 9.17) is 9.15 Å². The second kappa shape index (κ2) is 9.91. The van der Waals surface area contributed by atoms with Gasteiger partial charge >= 0.3 is 5.76 Å². The minimum absolute atomic E-state index is 0.135. The Kier molecular flexibility index (Phi) is 6.58. The number of ether oxygens (including phenoxy) is 1. The standard InChI is InChI=1S/C24H20N4O7/c1-2-34-19-10-7-17(8-11-19)26-23(30)15-3-5-16(6-4-15)25-22(29)14-27-20-13-18(28(32)33)9-12-21(20)35-24(27)31/h3-13H,2,14H2,1H3,(H,25,29)(H,26,30). The van der Waals surface area contributed by atoms with Crippen LogP contribution in [0.4, 0.5) is 17.1 Å². The van der Waals surface area contributed by atoms with Crippen molar-refractivity contribution in [3.8, 4) is 5.75 Å². The van der Waals surface area contributed by atoms with Crippen molar-refractivity contribution in [2.75, 3.05) is 17.2 Å². The van der Waals surface area contributed by atoms with Crippen molar-refractivity contribution >= 4 is 40.0 Å². The Hall–Kier alpha value is -4.93. The predicted molar refractivity (Wildman–Crippen MR) is 128 cm³/mol. The van der Waals surface area contributed by atoms with Crippen molar-refractivity contribution in [2.24, 2.45) is 0 Å². The lowest BCUT2D eigenvalue weighted by Gasteiger charge is -2.09. The molecule has 0 aliphatic heterocycles. The lowest BCUT2D eigenvalue weighted by molar-refractivity contribution is -0.384. The number of amides is 2. The number of carbonyl (C=O) groups is 2. The van der Waals surface area contributed by atoms with E-state index in [2.05, 4.69) is 10.6 Å². The van der Waals surface area contributed by atoms with Crippen molar-refractivity contribution in [1.29, 1.82) is 0 Å². The van der Waals surface area contributed by atoms with Crippen molar-refractivity contribution in [3.05, 3.63) is 93.0 Å². The van der Waals surface area contributed by atoms with Gasteiger partial charge in [-0.1, -0.05) is 0 Å². The maximum absolute atomic E-state index is 12.5. The SMILES string of the molecule is CCOc1ccc(NC(=O)c2ccc(NC(=O)Cn3c(=O)oc4ccc([N+](=O)[O-])cc43)cc2)cc1. The van der Waals surface area contributed by atoms with Crippen LogP contribution in [0.25, 0.3) is 11.1 Å². The van der Waals surface area contributed by atoms with Gasteiger partial charge in [0, 0.05) is 29.1 Å². The molecule has 178 valence electrons. The number of nitro benzene ring substituents is 1. The number of hydrogen-bond donors (Lipinski definition) is 2. The zero-order valence-electron chi connectivity index (χ0n) is 18.5. The van der Waals surface area contributed by atoms with Crippen molar-refractivity contribution in [1.82, 2.24) is 4.57 Å². The van der Waals surface area contributed by atoms with Gasteiger partial charge in [-0.25, -0.2) is 4.79 Å². The molecular weight excluding hydrogens is 456 g/mol. The van der Waals surface area contributed by atoms with Gasteiger partial charge in [-0.3, -0.25) is 24.3 Å². The molecule has 0 aliphatic rings. The summed E-state index contributed by atoms with van der Waals surface area (Å²) in [5.74, 6) is -0.982. The summed E-state index contributed by atoms with van der Waals surface area (Å²) < 4.78 is 11.4. The van der Waals surface area contributed by atoms with Crippen molar-refractivity contribution in [2.45, 2.75) is 13.5 Å². The number of nitrogens with one attached hydrogen (secondary N) is 2. The maximum atomic E-state index is 12.5. The molecule has 0 spiro atoms. The third-order valence-electron chi connectivity index (χ3n) is 5.02. The van der Waals surface area contributed by atoms with Crippen LogP contribution in [0.2, 0.25) is 0 Å². The summed E-state index contributed by atoms with van der Waals surface area (Å²) in [7, 11) is 0. The number of rotatable bonds is 8. The van der Waals surface area contributed by atoms with Crippen LogP contribution in [-0.2, 0) is 11.3 Å². The van der Waals surface area contributed by atoms with Crippen molar-refractivity contribution in [3.63, 3.8) is 0 Å². The Bertz CT molecular complexity index is 1450. The molecule has 11 heteroatoms. The number of fused-ring (bicyclic) bond motifs is 1. The van der Waals surface area contributed by atoms with Gasteiger partial charge in [0.05, 0.1) is 17.0 Å². The number of oxazole rings is 1. The average Bonchev–Trinajstić information content (AvgIpc) is 3.15. The first kappa shape index (κ1) is 23.2. The van der Waals surface area contributed by atoms with Crippen LogP contribution in [0.15, 0.2) is 75.9 Å². The quantitative estimate of drug-likeness (QED) is 0.291. The number of non-ortho nitro benzene ring substituents is 1. The number of benzene rings is 3. The summed E-state index contributed by atoms with van der Waals surface area (Å²) in [6, 6.07) is 16.8. The van der Waals surface area contributed by atoms with Gasteiger partial charge in [-0.15, -0.1) is 0 Å². The Morgan fingerprint density at radius 2 is 1.66 bits per heavy atom. The Balaban J connectivity index is 1.40. The first-order valence-corrected chi connectivity index (χ1v) is 10.6. The Morgan fingerprint density at radius 1 is 1.00 bits per heavy atom. The van der Waals surface area contributed by atoms with Crippen LogP contribution in [-0.4, -0.2) is 27.9 Å². The van der Waals surface area contributed by atoms with Crippen LogP contribution < -0.4 is 21.1 Å². The number of hydrogen-bond acceptors (Lipinski definition) is 7. The first-order valence-electron chi connectivity index (χ1n) is 10.6. The molecule has 0 unspecified atom stereocenters. The molecular formula is C24H20N4O7. The van der Waals surface area contributed by atoms with E-state index in [0.717, 1.165) is 4.57 Å². The highest BCUT2D eigenvalue weighted by molar-refractivity contribution is 6.04. The lowest BCUT2D eigenvalue weighted by Crippen LogP contribution is -2.24. The topological polar surface area (TPSA) is 146 Å². The highest BCUT2D eigenvalue weighted by atomic mass is 16.6. The van der Waals surface area contributed by atoms with E-state index >= 15 is 0 Å². The number of nitrogens with zero attached hydrogens (tertiary/aromatic N) is 2. The van der Waals surface area contributed by atoms with E-state index in [1.165, 1.54) is 18.2 Å². The maximum Gasteiger partial charge on any atom is 0.420 e. The molecule has 0 atom stereocenters. The smallest absolute Gasteiger partial charge is 0.420 e. The van der Waals surface area contributed by atoms with E-state index in [0.29, 0.717) is 29.3 Å². The molecule has 4 rings (SSSR count). The Morgan fingerprint density at radius 3 is 2.31 bits per heavy atom. The van der Waals surface area contributed by atoms with Crippen LogP contribution in [0.3, 0.4) is 0 Å². The second-order valence-electron chi connectivity index (χ2n) is 7.40. The molecule has 1 heterocycles. The molecule has 0 saturated carbocycles. The summed E-state index contributed by atoms with van der Waals surface area (Å²) in [6.07, 6.45) is 0. The minimum atomic E-state index is -0.808. The third-order valence-corrected chi connectivity index (χ3v) is 5.02. The molecule has 0 fully saturated rings. The minimum Gasteiger partial charge on any atom is -0.494 e. The normalized spacial score (nSPS) is 10.7. The number of anilines is 2. The largest absolute Gasteiger partial charge is 0.494 e. The van der Waals surface area contributed by atoms with E-state index in [1.54, 1.807) is 48.5 Å². The lowest BCUT2D eigenvalue weighted by atomic mass is 10.2. The zero-order valence-corrected chi connectivity index (χ0v) is 18.5. The van der Waals surface area contributed by atoms with E-state index in [-0.39, 0.29) is 22.7 Å². The molecule has 4 aromatic rings. The molecule has 1 aromatic heterocycles. The second-order valence-corrected chi connectivity index (χ2v) is 7.40.